The van der Waals surface area contributed by atoms with Crippen LogP contribution in [0.25, 0.3) is 10.2 Å². The maximum atomic E-state index is 12.8. The number of fused-ring (bicyclic) bond motifs is 2. The molecule has 4 heterocycles. The molecule has 3 aromatic rings. The summed E-state index contributed by atoms with van der Waals surface area (Å²) < 4.78 is 1.07. The van der Waals surface area contributed by atoms with Gasteiger partial charge in [-0.3, -0.25) is 4.79 Å². The quantitative estimate of drug-likeness (QED) is 0.526. The van der Waals surface area contributed by atoms with Crippen molar-refractivity contribution >= 4 is 50.6 Å². The van der Waals surface area contributed by atoms with Crippen molar-refractivity contribution < 1.29 is 4.79 Å². The van der Waals surface area contributed by atoms with Crippen LogP contribution < -0.4 is 0 Å². The zero-order valence-corrected chi connectivity index (χ0v) is 15.0. The standard InChI is InChI=1S/C16H15N3OS3/c1-10(23-15-14-12(4-7-22-14)17-9-18-15)16(20)19-5-2-13-11(8-19)3-6-21-13/h3-4,6-7,9-10H,2,5,8H2,1H3. The van der Waals surface area contributed by atoms with E-state index in [-0.39, 0.29) is 11.2 Å². The monoisotopic (exact) mass is 361 g/mol. The second-order valence-corrected chi connectivity index (χ2v) is 8.70. The number of aromatic nitrogens is 2. The van der Waals surface area contributed by atoms with Crippen LogP contribution >= 0.6 is 34.4 Å². The first-order valence-corrected chi connectivity index (χ1v) is 10.0. The van der Waals surface area contributed by atoms with E-state index in [2.05, 4.69) is 21.4 Å². The van der Waals surface area contributed by atoms with Crippen LogP contribution in [0.5, 0.6) is 0 Å². The third-order valence-electron chi connectivity index (χ3n) is 3.97. The number of amides is 1. The Bertz CT molecular complexity index is 857. The van der Waals surface area contributed by atoms with E-state index in [1.807, 2.05) is 23.3 Å². The number of thioether (sulfide) groups is 1. The fourth-order valence-corrected chi connectivity index (χ4v) is 5.57. The molecule has 0 fully saturated rings. The Morgan fingerprint density at radius 1 is 1.30 bits per heavy atom. The molecule has 4 nitrogen and oxygen atoms in total. The van der Waals surface area contributed by atoms with Crippen LogP contribution in [0.15, 0.2) is 34.2 Å². The summed E-state index contributed by atoms with van der Waals surface area (Å²) >= 11 is 4.95. The van der Waals surface area contributed by atoms with E-state index in [4.69, 9.17) is 0 Å². The molecule has 0 spiro atoms. The van der Waals surface area contributed by atoms with Crippen LogP contribution in [0.2, 0.25) is 0 Å². The Morgan fingerprint density at radius 2 is 2.17 bits per heavy atom. The summed E-state index contributed by atoms with van der Waals surface area (Å²) in [4.78, 5) is 24.8. The molecular formula is C16H15N3OS3. The third-order valence-corrected chi connectivity index (χ3v) is 7.12. The molecule has 1 amide bonds. The lowest BCUT2D eigenvalue weighted by atomic mass is 10.1. The van der Waals surface area contributed by atoms with Gasteiger partial charge in [-0.15, -0.1) is 22.7 Å². The summed E-state index contributed by atoms with van der Waals surface area (Å²) in [7, 11) is 0. The number of carbonyl (C=O) groups excluding carboxylic acids is 1. The Balaban J connectivity index is 1.50. The topological polar surface area (TPSA) is 46.1 Å². The first-order chi connectivity index (χ1) is 11.2. The van der Waals surface area contributed by atoms with E-state index in [1.54, 1.807) is 29.0 Å². The fraction of sp³-hybridized carbons (Fsp3) is 0.312. The molecule has 0 aromatic carbocycles. The van der Waals surface area contributed by atoms with E-state index in [9.17, 15) is 4.79 Å². The van der Waals surface area contributed by atoms with Gasteiger partial charge in [-0.25, -0.2) is 9.97 Å². The summed E-state index contributed by atoms with van der Waals surface area (Å²) in [5.74, 6) is 0.190. The molecule has 1 aliphatic heterocycles. The van der Waals surface area contributed by atoms with Gasteiger partial charge in [-0.2, -0.15) is 0 Å². The maximum absolute atomic E-state index is 12.8. The summed E-state index contributed by atoms with van der Waals surface area (Å²) in [6, 6.07) is 4.12. The van der Waals surface area contributed by atoms with Gasteiger partial charge in [-0.05, 0) is 41.8 Å². The van der Waals surface area contributed by atoms with Crippen LogP contribution in [0, 0.1) is 0 Å². The van der Waals surface area contributed by atoms with Crippen LogP contribution in [-0.4, -0.2) is 32.6 Å². The maximum Gasteiger partial charge on any atom is 0.236 e. The second kappa shape index (κ2) is 6.22. The number of hydrogen-bond donors (Lipinski definition) is 0. The molecule has 0 saturated heterocycles. The van der Waals surface area contributed by atoms with Gasteiger partial charge >= 0.3 is 0 Å². The first kappa shape index (κ1) is 15.1. The van der Waals surface area contributed by atoms with E-state index in [1.165, 1.54) is 22.2 Å². The molecule has 118 valence electrons. The summed E-state index contributed by atoms with van der Waals surface area (Å²) in [6.07, 6.45) is 2.55. The molecular weight excluding hydrogens is 346 g/mol. The van der Waals surface area contributed by atoms with Gasteiger partial charge in [0, 0.05) is 18.0 Å². The van der Waals surface area contributed by atoms with Crippen LogP contribution in [0.1, 0.15) is 17.4 Å². The van der Waals surface area contributed by atoms with E-state index in [0.29, 0.717) is 0 Å². The average molecular weight is 362 g/mol. The number of rotatable bonds is 3. The first-order valence-electron chi connectivity index (χ1n) is 7.41. The molecule has 3 aromatic heterocycles. The van der Waals surface area contributed by atoms with Crippen molar-refractivity contribution in [2.45, 2.75) is 30.2 Å². The van der Waals surface area contributed by atoms with E-state index >= 15 is 0 Å². The second-order valence-electron chi connectivity index (χ2n) is 5.45. The SMILES string of the molecule is CC(Sc1ncnc2ccsc12)C(=O)N1CCc2sccc2C1. The Hall–Kier alpha value is -1.44. The molecule has 0 saturated carbocycles. The number of carbonyl (C=O) groups is 1. The Kier molecular flexibility index (Phi) is 4.09. The Labute approximate surface area is 146 Å². The highest BCUT2D eigenvalue weighted by atomic mass is 32.2. The average Bonchev–Trinajstić information content (AvgIpc) is 3.22. The molecule has 1 aliphatic rings. The van der Waals surface area contributed by atoms with Crippen LogP contribution in [-0.2, 0) is 17.8 Å². The highest BCUT2D eigenvalue weighted by Gasteiger charge is 2.26. The molecule has 1 unspecified atom stereocenters. The highest BCUT2D eigenvalue weighted by Crippen LogP contribution is 2.33. The van der Waals surface area contributed by atoms with Gasteiger partial charge in [0.2, 0.25) is 5.91 Å². The molecule has 0 bridgehead atoms. The van der Waals surface area contributed by atoms with Crippen molar-refractivity contribution in [2.75, 3.05) is 6.54 Å². The minimum absolute atomic E-state index is 0.143. The lowest BCUT2D eigenvalue weighted by Crippen LogP contribution is -2.39. The minimum Gasteiger partial charge on any atom is -0.337 e. The lowest BCUT2D eigenvalue weighted by Gasteiger charge is -2.29. The van der Waals surface area contributed by atoms with Crippen molar-refractivity contribution in [2.24, 2.45) is 0 Å². The summed E-state index contributed by atoms with van der Waals surface area (Å²) in [5, 5.41) is 4.89. The van der Waals surface area contributed by atoms with Gasteiger partial charge in [0.25, 0.3) is 0 Å². The van der Waals surface area contributed by atoms with E-state index in [0.717, 1.165) is 34.8 Å². The molecule has 23 heavy (non-hydrogen) atoms. The molecule has 7 heteroatoms. The Morgan fingerprint density at radius 3 is 3.09 bits per heavy atom. The van der Waals surface area contributed by atoms with E-state index < -0.39 is 0 Å². The molecule has 0 radical (unpaired) electrons. The summed E-state index contributed by atoms with van der Waals surface area (Å²) in [6.45, 7) is 3.52. The van der Waals surface area contributed by atoms with Gasteiger partial charge in [0.05, 0.1) is 15.5 Å². The smallest absolute Gasteiger partial charge is 0.236 e. The predicted octanol–water partition coefficient (Wildman–Crippen LogP) is 3.82. The number of nitrogens with zero attached hydrogens (tertiary/aromatic N) is 3. The molecule has 0 aliphatic carbocycles. The van der Waals surface area contributed by atoms with Gasteiger partial charge in [0.1, 0.15) is 11.4 Å². The van der Waals surface area contributed by atoms with Gasteiger partial charge in [0.15, 0.2) is 0 Å². The molecule has 4 rings (SSSR count). The van der Waals surface area contributed by atoms with Crippen molar-refractivity contribution in [3.8, 4) is 0 Å². The van der Waals surface area contributed by atoms with Crippen molar-refractivity contribution in [3.05, 3.63) is 39.7 Å². The normalized spacial score (nSPS) is 15.6. The highest BCUT2D eigenvalue weighted by molar-refractivity contribution is 8.00. The fourth-order valence-electron chi connectivity index (χ4n) is 2.76. The number of hydrogen-bond acceptors (Lipinski definition) is 6. The predicted molar refractivity (Wildman–Crippen MR) is 96.2 cm³/mol. The van der Waals surface area contributed by atoms with Crippen molar-refractivity contribution in [3.63, 3.8) is 0 Å². The van der Waals surface area contributed by atoms with Crippen molar-refractivity contribution in [1.29, 1.82) is 0 Å². The minimum atomic E-state index is -0.143. The van der Waals surface area contributed by atoms with Gasteiger partial charge in [-0.1, -0.05) is 11.8 Å². The number of thiophene rings is 2. The van der Waals surface area contributed by atoms with Crippen LogP contribution in [0.3, 0.4) is 0 Å². The molecule has 1 atom stereocenters. The zero-order valence-electron chi connectivity index (χ0n) is 12.6. The van der Waals surface area contributed by atoms with Crippen molar-refractivity contribution in [1.82, 2.24) is 14.9 Å². The molecule has 0 N–H and O–H groups in total. The summed E-state index contributed by atoms with van der Waals surface area (Å²) in [5.41, 5.74) is 2.25. The lowest BCUT2D eigenvalue weighted by molar-refractivity contribution is -0.131. The largest absolute Gasteiger partial charge is 0.337 e. The zero-order chi connectivity index (χ0) is 15.8. The van der Waals surface area contributed by atoms with Gasteiger partial charge < -0.3 is 4.90 Å². The van der Waals surface area contributed by atoms with Crippen LogP contribution in [0.4, 0.5) is 0 Å². The third kappa shape index (κ3) is 2.88.